The van der Waals surface area contributed by atoms with Gasteiger partial charge in [-0.25, -0.2) is 8.42 Å². The Labute approximate surface area is 190 Å². The van der Waals surface area contributed by atoms with Crippen molar-refractivity contribution in [1.29, 1.82) is 0 Å². The number of nitrogens with one attached hydrogen (secondary N) is 1. The fourth-order valence-corrected chi connectivity index (χ4v) is 4.82. The van der Waals surface area contributed by atoms with E-state index in [2.05, 4.69) is 5.32 Å². The van der Waals surface area contributed by atoms with Gasteiger partial charge < -0.3 is 5.32 Å². The SMILES string of the molecule is Cc1cc(Cl)ccc1N(CC(=O)NCCSCc1ccc(Cl)c(Cl)c1)S(C)(=O)=O. The Morgan fingerprint density at radius 1 is 1.10 bits per heavy atom. The van der Waals surface area contributed by atoms with Crippen molar-refractivity contribution in [3.8, 4) is 0 Å². The predicted molar refractivity (Wildman–Crippen MR) is 124 cm³/mol. The van der Waals surface area contributed by atoms with Crippen molar-refractivity contribution in [3.05, 3.63) is 62.6 Å². The van der Waals surface area contributed by atoms with Crippen molar-refractivity contribution in [2.24, 2.45) is 0 Å². The number of hydrogen-bond donors (Lipinski definition) is 1. The maximum absolute atomic E-state index is 12.3. The Morgan fingerprint density at radius 2 is 1.83 bits per heavy atom. The molecule has 2 aromatic carbocycles. The van der Waals surface area contributed by atoms with E-state index < -0.39 is 10.0 Å². The number of anilines is 1. The molecule has 0 aromatic heterocycles. The Kier molecular flexibility index (Phi) is 8.97. The summed E-state index contributed by atoms with van der Waals surface area (Å²) in [5.41, 5.74) is 2.14. The highest BCUT2D eigenvalue weighted by Gasteiger charge is 2.22. The summed E-state index contributed by atoms with van der Waals surface area (Å²) in [6.45, 7) is 1.87. The number of nitrogens with zero attached hydrogens (tertiary/aromatic N) is 1. The Hall–Kier alpha value is -1.12. The van der Waals surface area contributed by atoms with Crippen LogP contribution in [-0.4, -0.2) is 39.4 Å². The van der Waals surface area contributed by atoms with Crippen LogP contribution < -0.4 is 9.62 Å². The predicted octanol–water partition coefficient (Wildman–Crippen LogP) is 4.77. The quantitative estimate of drug-likeness (QED) is 0.509. The van der Waals surface area contributed by atoms with Gasteiger partial charge in [-0.15, -0.1) is 0 Å². The maximum atomic E-state index is 12.3. The van der Waals surface area contributed by atoms with Crippen molar-refractivity contribution < 1.29 is 13.2 Å². The fourth-order valence-electron chi connectivity index (χ4n) is 2.55. The van der Waals surface area contributed by atoms with Crippen LogP contribution in [0.3, 0.4) is 0 Å². The van der Waals surface area contributed by atoms with Gasteiger partial charge in [0.2, 0.25) is 15.9 Å². The normalized spacial score (nSPS) is 11.3. The van der Waals surface area contributed by atoms with Crippen molar-refractivity contribution in [3.63, 3.8) is 0 Å². The summed E-state index contributed by atoms with van der Waals surface area (Å²) in [6, 6.07) is 10.3. The fraction of sp³-hybridized carbons (Fsp3) is 0.316. The lowest BCUT2D eigenvalue weighted by atomic mass is 10.2. The van der Waals surface area contributed by atoms with Crippen molar-refractivity contribution in [1.82, 2.24) is 5.32 Å². The molecule has 29 heavy (non-hydrogen) atoms. The van der Waals surface area contributed by atoms with Gasteiger partial charge in [0, 0.05) is 23.1 Å². The van der Waals surface area contributed by atoms with Gasteiger partial charge in [0.15, 0.2) is 0 Å². The molecular formula is C19H21Cl3N2O3S2. The summed E-state index contributed by atoms with van der Waals surface area (Å²) < 4.78 is 25.4. The number of sulfonamides is 1. The van der Waals surface area contributed by atoms with E-state index in [9.17, 15) is 13.2 Å². The average molecular weight is 496 g/mol. The lowest BCUT2D eigenvalue weighted by Gasteiger charge is -2.23. The first kappa shape index (κ1) is 24.2. The molecule has 0 unspecified atom stereocenters. The topological polar surface area (TPSA) is 66.5 Å². The van der Waals surface area contributed by atoms with Crippen molar-refractivity contribution in [2.45, 2.75) is 12.7 Å². The first-order valence-electron chi connectivity index (χ1n) is 8.60. The summed E-state index contributed by atoms with van der Waals surface area (Å²) in [5, 5.41) is 4.28. The largest absolute Gasteiger partial charge is 0.354 e. The molecule has 1 amide bonds. The van der Waals surface area contributed by atoms with Gasteiger partial charge in [0.05, 0.1) is 22.0 Å². The number of rotatable bonds is 9. The summed E-state index contributed by atoms with van der Waals surface area (Å²) in [7, 11) is -3.63. The van der Waals surface area contributed by atoms with E-state index in [4.69, 9.17) is 34.8 Å². The molecule has 0 radical (unpaired) electrons. The highest BCUT2D eigenvalue weighted by Crippen LogP contribution is 2.26. The molecule has 10 heteroatoms. The third kappa shape index (κ3) is 7.57. The third-order valence-electron chi connectivity index (χ3n) is 3.94. The maximum Gasteiger partial charge on any atom is 0.240 e. The van der Waals surface area contributed by atoms with Crippen LogP contribution in [0.25, 0.3) is 0 Å². The van der Waals surface area contributed by atoms with Crippen LogP contribution in [0.1, 0.15) is 11.1 Å². The lowest BCUT2D eigenvalue weighted by Crippen LogP contribution is -2.41. The van der Waals surface area contributed by atoms with Crippen LogP contribution in [0.2, 0.25) is 15.1 Å². The molecular weight excluding hydrogens is 475 g/mol. The molecule has 2 aromatic rings. The second-order valence-corrected chi connectivity index (χ2v) is 10.6. The van der Waals surface area contributed by atoms with Gasteiger partial charge in [-0.1, -0.05) is 40.9 Å². The third-order valence-corrected chi connectivity index (χ3v) is 7.07. The van der Waals surface area contributed by atoms with Crippen LogP contribution in [-0.2, 0) is 20.6 Å². The van der Waals surface area contributed by atoms with E-state index in [1.807, 2.05) is 12.1 Å². The number of carbonyl (C=O) groups is 1. The van der Waals surface area contributed by atoms with Gasteiger partial charge in [0.25, 0.3) is 0 Å². The van der Waals surface area contributed by atoms with Gasteiger partial charge in [0.1, 0.15) is 6.54 Å². The van der Waals surface area contributed by atoms with E-state index in [-0.39, 0.29) is 12.5 Å². The molecule has 0 saturated carbocycles. The zero-order valence-corrected chi connectivity index (χ0v) is 19.8. The van der Waals surface area contributed by atoms with Crippen LogP contribution >= 0.6 is 46.6 Å². The van der Waals surface area contributed by atoms with Crippen LogP contribution in [0.15, 0.2) is 36.4 Å². The molecule has 1 N–H and O–H groups in total. The second-order valence-electron chi connectivity index (χ2n) is 6.35. The van der Waals surface area contributed by atoms with E-state index in [1.165, 1.54) is 0 Å². The molecule has 0 aliphatic heterocycles. The highest BCUT2D eigenvalue weighted by atomic mass is 35.5. The Morgan fingerprint density at radius 3 is 2.45 bits per heavy atom. The zero-order chi connectivity index (χ0) is 21.6. The molecule has 0 aliphatic rings. The number of carbonyl (C=O) groups excluding carboxylic acids is 1. The van der Waals surface area contributed by atoms with Crippen LogP contribution in [0.4, 0.5) is 5.69 Å². The summed E-state index contributed by atoms with van der Waals surface area (Å²) >= 11 is 19.4. The van der Waals surface area contributed by atoms with E-state index >= 15 is 0 Å². The van der Waals surface area contributed by atoms with Gasteiger partial charge >= 0.3 is 0 Å². The molecule has 0 heterocycles. The van der Waals surface area contributed by atoms with E-state index in [0.717, 1.165) is 21.9 Å². The van der Waals surface area contributed by atoms with E-state index in [1.54, 1.807) is 43.0 Å². The van der Waals surface area contributed by atoms with Crippen molar-refractivity contribution >= 4 is 68.2 Å². The zero-order valence-electron chi connectivity index (χ0n) is 15.9. The average Bonchev–Trinajstić information content (AvgIpc) is 2.62. The highest BCUT2D eigenvalue weighted by molar-refractivity contribution is 7.98. The summed E-state index contributed by atoms with van der Waals surface area (Å²) in [5.74, 6) is 1.02. The monoisotopic (exact) mass is 494 g/mol. The molecule has 0 aliphatic carbocycles. The summed E-state index contributed by atoms with van der Waals surface area (Å²) in [6.07, 6.45) is 1.07. The minimum absolute atomic E-state index is 0.293. The van der Waals surface area contributed by atoms with Crippen LogP contribution in [0, 0.1) is 6.92 Å². The van der Waals surface area contributed by atoms with Crippen molar-refractivity contribution in [2.75, 3.05) is 29.4 Å². The number of amides is 1. The number of halogens is 3. The number of aryl methyl sites for hydroxylation is 1. The number of benzene rings is 2. The first-order chi connectivity index (χ1) is 13.6. The lowest BCUT2D eigenvalue weighted by molar-refractivity contribution is -0.119. The minimum Gasteiger partial charge on any atom is -0.354 e. The molecule has 0 saturated heterocycles. The molecule has 0 spiro atoms. The molecule has 0 fully saturated rings. The molecule has 0 atom stereocenters. The van der Waals surface area contributed by atoms with Gasteiger partial charge in [-0.05, 0) is 48.4 Å². The number of hydrogen-bond acceptors (Lipinski definition) is 4. The van der Waals surface area contributed by atoms with Crippen LogP contribution in [0.5, 0.6) is 0 Å². The van der Waals surface area contributed by atoms with Gasteiger partial charge in [-0.2, -0.15) is 11.8 Å². The molecule has 0 bridgehead atoms. The molecule has 2 rings (SSSR count). The minimum atomic E-state index is -3.63. The smallest absolute Gasteiger partial charge is 0.240 e. The number of thioether (sulfide) groups is 1. The molecule has 158 valence electrons. The van der Waals surface area contributed by atoms with Gasteiger partial charge in [-0.3, -0.25) is 9.10 Å². The Bertz CT molecular complexity index is 985. The van der Waals surface area contributed by atoms with E-state index in [0.29, 0.717) is 38.6 Å². The second kappa shape index (κ2) is 10.8. The standard InChI is InChI=1S/C19H21Cl3N2O3S2/c1-13-9-15(20)4-6-18(13)24(29(2,26)27)11-19(25)23-7-8-28-12-14-3-5-16(21)17(22)10-14/h3-6,9-10H,7-8,11-12H2,1-2H3,(H,23,25). The first-order valence-corrected chi connectivity index (χ1v) is 12.7. The summed E-state index contributed by atoms with van der Waals surface area (Å²) in [4.78, 5) is 12.3. The Balaban J connectivity index is 1.86. The molecule has 5 nitrogen and oxygen atoms in total.